The molecule has 0 aromatic heterocycles. The van der Waals surface area contributed by atoms with Gasteiger partial charge in [-0.2, -0.15) is 0 Å². The lowest BCUT2D eigenvalue weighted by molar-refractivity contribution is 0.0916. The van der Waals surface area contributed by atoms with Crippen molar-refractivity contribution in [2.75, 3.05) is 6.61 Å². The minimum Gasteiger partial charge on any atom is -0.396 e. The molecule has 1 amide bonds. The predicted octanol–water partition coefficient (Wildman–Crippen LogP) is 2.40. The molecule has 0 heterocycles. The second-order valence-corrected chi connectivity index (χ2v) is 4.79. The lowest BCUT2D eigenvalue weighted by Gasteiger charge is -2.19. The number of amides is 1. The fraction of sp³-hybridized carbons (Fsp3) is 0.462. The molecule has 0 aliphatic heterocycles. The van der Waals surface area contributed by atoms with Crippen LogP contribution in [0.2, 0.25) is 5.02 Å². The molecule has 17 heavy (non-hydrogen) atoms. The van der Waals surface area contributed by atoms with Crippen LogP contribution in [0.3, 0.4) is 0 Å². The first-order valence-electron chi connectivity index (χ1n) is 5.63. The maximum atomic E-state index is 11.9. The van der Waals surface area contributed by atoms with Crippen LogP contribution in [0, 0.1) is 12.8 Å². The second-order valence-electron chi connectivity index (χ2n) is 4.39. The Balaban J connectivity index is 2.73. The molecule has 1 rings (SSSR count). The molecule has 2 N–H and O–H groups in total. The van der Waals surface area contributed by atoms with Crippen molar-refractivity contribution in [3.05, 3.63) is 34.3 Å². The van der Waals surface area contributed by atoms with Gasteiger partial charge in [0.2, 0.25) is 0 Å². The van der Waals surface area contributed by atoms with Gasteiger partial charge in [-0.15, -0.1) is 0 Å². The van der Waals surface area contributed by atoms with Crippen LogP contribution in [0.25, 0.3) is 0 Å². The van der Waals surface area contributed by atoms with Crippen LogP contribution in [0.15, 0.2) is 18.2 Å². The second kappa shape index (κ2) is 6.03. The fourth-order valence-electron chi connectivity index (χ4n) is 1.32. The van der Waals surface area contributed by atoms with E-state index >= 15 is 0 Å². The number of carbonyl (C=O) groups is 1. The Bertz CT molecular complexity index is 406. The quantitative estimate of drug-likeness (QED) is 0.868. The highest BCUT2D eigenvalue weighted by Crippen LogP contribution is 2.16. The lowest BCUT2D eigenvalue weighted by atomic mass is 10.0. The summed E-state index contributed by atoms with van der Waals surface area (Å²) in [7, 11) is 0. The minimum atomic E-state index is -0.167. The van der Waals surface area contributed by atoms with Crippen molar-refractivity contribution < 1.29 is 9.90 Å². The highest BCUT2D eigenvalue weighted by Gasteiger charge is 2.15. The molecule has 2 unspecified atom stereocenters. The average Bonchev–Trinajstić information content (AvgIpc) is 2.31. The number of aliphatic hydroxyl groups is 1. The number of benzene rings is 1. The summed E-state index contributed by atoms with van der Waals surface area (Å²) in [6.07, 6.45) is 0. The summed E-state index contributed by atoms with van der Waals surface area (Å²) in [6, 6.07) is 5.14. The number of hydrogen-bond acceptors (Lipinski definition) is 2. The Kier molecular flexibility index (Phi) is 4.97. The molecule has 0 aliphatic carbocycles. The van der Waals surface area contributed by atoms with Crippen molar-refractivity contribution in [1.29, 1.82) is 0 Å². The molecule has 94 valence electrons. The summed E-state index contributed by atoms with van der Waals surface area (Å²) in [6.45, 7) is 5.69. The molecule has 0 radical (unpaired) electrons. The summed E-state index contributed by atoms with van der Waals surface area (Å²) in [5.41, 5.74) is 1.48. The van der Waals surface area contributed by atoms with Gasteiger partial charge in [0.25, 0.3) is 5.91 Å². The van der Waals surface area contributed by atoms with E-state index in [9.17, 15) is 4.79 Å². The van der Waals surface area contributed by atoms with Gasteiger partial charge in [-0.25, -0.2) is 0 Å². The molecule has 3 nitrogen and oxygen atoms in total. The number of rotatable bonds is 4. The topological polar surface area (TPSA) is 49.3 Å². The van der Waals surface area contributed by atoms with E-state index in [1.807, 2.05) is 26.8 Å². The summed E-state index contributed by atoms with van der Waals surface area (Å²) in [4.78, 5) is 11.9. The molecule has 1 aromatic carbocycles. The van der Waals surface area contributed by atoms with E-state index in [1.165, 1.54) is 0 Å². The summed E-state index contributed by atoms with van der Waals surface area (Å²) >= 11 is 5.96. The first kappa shape index (κ1) is 14.0. The molecular weight excluding hydrogens is 238 g/mol. The minimum absolute atomic E-state index is 0.0277. The average molecular weight is 256 g/mol. The summed E-state index contributed by atoms with van der Waals surface area (Å²) in [5.74, 6) is -0.139. The van der Waals surface area contributed by atoms with Gasteiger partial charge in [-0.3, -0.25) is 4.79 Å². The van der Waals surface area contributed by atoms with E-state index in [0.29, 0.717) is 10.6 Å². The zero-order chi connectivity index (χ0) is 13.0. The van der Waals surface area contributed by atoms with Crippen molar-refractivity contribution in [3.8, 4) is 0 Å². The highest BCUT2D eigenvalue weighted by atomic mass is 35.5. The summed E-state index contributed by atoms with van der Waals surface area (Å²) in [5, 5.41) is 12.4. The van der Waals surface area contributed by atoms with Gasteiger partial charge in [0.1, 0.15) is 0 Å². The van der Waals surface area contributed by atoms with E-state index in [-0.39, 0.29) is 24.5 Å². The van der Waals surface area contributed by atoms with Crippen molar-refractivity contribution in [2.24, 2.45) is 5.92 Å². The first-order chi connectivity index (χ1) is 7.95. The number of carbonyl (C=O) groups excluding carboxylic acids is 1. The van der Waals surface area contributed by atoms with Gasteiger partial charge < -0.3 is 10.4 Å². The summed E-state index contributed by atoms with van der Waals surface area (Å²) < 4.78 is 0. The fourth-order valence-corrected chi connectivity index (χ4v) is 1.51. The Morgan fingerprint density at radius 3 is 2.65 bits per heavy atom. The van der Waals surface area contributed by atoms with Crippen LogP contribution >= 0.6 is 11.6 Å². The third-order valence-corrected chi connectivity index (χ3v) is 3.34. The lowest BCUT2D eigenvalue weighted by Crippen LogP contribution is -2.38. The van der Waals surface area contributed by atoms with Gasteiger partial charge in [0, 0.05) is 23.2 Å². The largest absolute Gasteiger partial charge is 0.396 e. The zero-order valence-corrected chi connectivity index (χ0v) is 11.1. The van der Waals surface area contributed by atoms with Gasteiger partial charge in [0.05, 0.1) is 0 Å². The molecule has 1 aromatic rings. The molecule has 0 fully saturated rings. The Hall–Kier alpha value is -1.06. The zero-order valence-electron chi connectivity index (χ0n) is 10.3. The monoisotopic (exact) mass is 255 g/mol. The van der Waals surface area contributed by atoms with Gasteiger partial charge >= 0.3 is 0 Å². The van der Waals surface area contributed by atoms with Crippen LogP contribution in [-0.2, 0) is 0 Å². The number of aryl methyl sites for hydroxylation is 1. The van der Waals surface area contributed by atoms with Crippen molar-refractivity contribution in [2.45, 2.75) is 26.8 Å². The third kappa shape index (κ3) is 3.72. The van der Waals surface area contributed by atoms with E-state index in [1.54, 1.807) is 12.1 Å². The van der Waals surface area contributed by atoms with Gasteiger partial charge in [-0.1, -0.05) is 24.6 Å². The normalized spacial score (nSPS) is 14.2. The maximum absolute atomic E-state index is 11.9. The SMILES string of the molecule is Cc1ccc(C(=O)NC(C)C(C)CO)cc1Cl. The van der Waals surface area contributed by atoms with E-state index < -0.39 is 0 Å². The van der Waals surface area contributed by atoms with Gasteiger partial charge in [0.15, 0.2) is 0 Å². The van der Waals surface area contributed by atoms with Crippen molar-refractivity contribution >= 4 is 17.5 Å². The van der Waals surface area contributed by atoms with Crippen LogP contribution < -0.4 is 5.32 Å². The Morgan fingerprint density at radius 1 is 1.47 bits per heavy atom. The smallest absolute Gasteiger partial charge is 0.251 e. The Labute approximate surface area is 107 Å². The molecule has 0 bridgehead atoms. The standard InChI is InChI=1S/C13H18ClNO2/c1-8-4-5-11(6-12(8)14)13(17)15-10(3)9(2)7-16/h4-6,9-10,16H,7H2,1-3H3,(H,15,17). The molecule has 2 atom stereocenters. The molecular formula is C13H18ClNO2. The van der Waals surface area contributed by atoms with Crippen LogP contribution in [0.1, 0.15) is 29.8 Å². The van der Waals surface area contributed by atoms with E-state index in [2.05, 4.69) is 5.32 Å². The van der Waals surface area contributed by atoms with Crippen LogP contribution in [0.4, 0.5) is 0 Å². The van der Waals surface area contributed by atoms with Crippen molar-refractivity contribution in [3.63, 3.8) is 0 Å². The molecule has 0 spiro atoms. The molecule has 0 aliphatic rings. The van der Waals surface area contributed by atoms with Gasteiger partial charge in [-0.05, 0) is 37.5 Å². The van der Waals surface area contributed by atoms with Crippen LogP contribution in [0.5, 0.6) is 0 Å². The number of hydrogen-bond donors (Lipinski definition) is 2. The predicted molar refractivity (Wildman–Crippen MR) is 69.4 cm³/mol. The highest BCUT2D eigenvalue weighted by molar-refractivity contribution is 6.31. The van der Waals surface area contributed by atoms with Crippen LogP contribution in [-0.4, -0.2) is 23.7 Å². The third-order valence-electron chi connectivity index (χ3n) is 2.93. The number of aliphatic hydroxyl groups excluding tert-OH is 1. The molecule has 0 saturated carbocycles. The number of nitrogens with one attached hydrogen (secondary N) is 1. The maximum Gasteiger partial charge on any atom is 0.251 e. The first-order valence-corrected chi connectivity index (χ1v) is 6.01. The van der Waals surface area contributed by atoms with E-state index in [0.717, 1.165) is 5.56 Å². The molecule has 0 saturated heterocycles. The van der Waals surface area contributed by atoms with Crippen molar-refractivity contribution in [1.82, 2.24) is 5.32 Å². The number of halogens is 1. The molecule has 4 heteroatoms. The van der Waals surface area contributed by atoms with E-state index in [4.69, 9.17) is 16.7 Å². The Morgan fingerprint density at radius 2 is 2.12 bits per heavy atom.